The van der Waals surface area contributed by atoms with Crippen molar-refractivity contribution in [3.63, 3.8) is 0 Å². The Bertz CT molecular complexity index is 1240. The van der Waals surface area contributed by atoms with E-state index < -0.39 is 0 Å². The topological polar surface area (TPSA) is 48.7 Å². The number of ether oxygens (including phenoxy) is 2. The van der Waals surface area contributed by atoms with E-state index in [9.17, 15) is 4.79 Å². The molecule has 4 nitrogen and oxygen atoms in total. The molecule has 1 aromatic heterocycles. The number of hydrogen-bond donors (Lipinski definition) is 0. The summed E-state index contributed by atoms with van der Waals surface area (Å²) in [4.78, 5) is 13.2. The van der Waals surface area contributed by atoms with Crippen molar-refractivity contribution in [1.82, 2.24) is 0 Å². The Balaban J connectivity index is 1.86. The molecule has 0 aliphatic rings. The first-order valence-electron chi connectivity index (χ1n) is 9.15. The lowest BCUT2D eigenvalue weighted by Gasteiger charge is -2.13. The number of para-hydroxylation sites is 1. The lowest BCUT2D eigenvalue weighted by atomic mass is 10.1. The lowest BCUT2D eigenvalue weighted by Crippen LogP contribution is -2.10. The highest BCUT2D eigenvalue weighted by Crippen LogP contribution is 2.35. The van der Waals surface area contributed by atoms with E-state index in [0.717, 1.165) is 21.2 Å². The van der Waals surface area contributed by atoms with Crippen LogP contribution in [0.15, 0.2) is 80.4 Å². The molecule has 0 atom stereocenters. The maximum atomic E-state index is 13.2. The van der Waals surface area contributed by atoms with E-state index in [1.807, 2.05) is 61.5 Å². The molecule has 0 saturated carbocycles. The molecule has 0 saturated heterocycles. The highest BCUT2D eigenvalue weighted by atomic mass is 79.9. The minimum atomic E-state index is -0.192. The summed E-state index contributed by atoms with van der Waals surface area (Å²) in [5.74, 6) is 1.29. The number of fused-ring (bicyclic) bond motifs is 1. The molecule has 4 rings (SSSR count). The lowest BCUT2D eigenvalue weighted by molar-refractivity contribution is 0.297. The predicted molar refractivity (Wildman–Crippen MR) is 118 cm³/mol. The van der Waals surface area contributed by atoms with Crippen LogP contribution in [0.5, 0.6) is 11.5 Å². The van der Waals surface area contributed by atoms with Gasteiger partial charge in [0.25, 0.3) is 0 Å². The van der Waals surface area contributed by atoms with E-state index in [0.29, 0.717) is 22.5 Å². The van der Waals surface area contributed by atoms with Crippen LogP contribution in [-0.2, 0) is 6.61 Å². The van der Waals surface area contributed by atoms with E-state index in [2.05, 4.69) is 15.9 Å². The van der Waals surface area contributed by atoms with Gasteiger partial charge in [-0.25, -0.2) is 0 Å². The van der Waals surface area contributed by atoms with Crippen molar-refractivity contribution in [1.29, 1.82) is 0 Å². The Morgan fingerprint density at radius 2 is 1.76 bits per heavy atom. The molecular formula is C24H19BrO4. The molecule has 0 fully saturated rings. The van der Waals surface area contributed by atoms with Crippen LogP contribution in [0.25, 0.3) is 22.3 Å². The Kier molecular flexibility index (Phi) is 5.41. The molecule has 0 N–H and O–H groups in total. The maximum Gasteiger partial charge on any atom is 0.235 e. The zero-order valence-electron chi connectivity index (χ0n) is 16.1. The molecule has 0 bridgehead atoms. The average molecular weight is 451 g/mol. The number of methoxy groups -OCH3 is 1. The smallest absolute Gasteiger partial charge is 0.235 e. The Morgan fingerprint density at radius 3 is 2.52 bits per heavy atom. The van der Waals surface area contributed by atoms with Crippen molar-refractivity contribution in [2.24, 2.45) is 0 Å². The second-order valence-electron chi connectivity index (χ2n) is 6.65. The number of benzene rings is 3. The molecule has 0 aliphatic carbocycles. The van der Waals surface area contributed by atoms with E-state index in [1.165, 1.54) is 0 Å². The van der Waals surface area contributed by atoms with Gasteiger partial charge in [-0.1, -0.05) is 36.4 Å². The van der Waals surface area contributed by atoms with Crippen LogP contribution in [0, 0.1) is 6.92 Å². The summed E-state index contributed by atoms with van der Waals surface area (Å²) in [5, 5.41) is 0.489. The summed E-state index contributed by atoms with van der Waals surface area (Å²) in [7, 11) is 1.60. The van der Waals surface area contributed by atoms with Crippen LogP contribution in [0.3, 0.4) is 0 Å². The maximum absolute atomic E-state index is 13.2. The second kappa shape index (κ2) is 8.13. The third-order valence-electron chi connectivity index (χ3n) is 4.80. The number of halogens is 1. The van der Waals surface area contributed by atoms with Crippen LogP contribution >= 0.6 is 15.9 Å². The van der Waals surface area contributed by atoms with E-state index in [1.54, 1.807) is 19.2 Å². The zero-order chi connectivity index (χ0) is 20.4. The van der Waals surface area contributed by atoms with Crippen molar-refractivity contribution >= 4 is 26.9 Å². The van der Waals surface area contributed by atoms with Crippen LogP contribution < -0.4 is 14.9 Å². The van der Waals surface area contributed by atoms with Gasteiger partial charge in [-0.3, -0.25) is 4.79 Å². The summed E-state index contributed by atoms with van der Waals surface area (Å²) < 4.78 is 18.2. The van der Waals surface area contributed by atoms with Crippen molar-refractivity contribution in [3.05, 3.63) is 92.6 Å². The molecule has 146 valence electrons. The predicted octanol–water partition coefficient (Wildman–Crippen LogP) is 6.12. The zero-order valence-corrected chi connectivity index (χ0v) is 17.7. The molecule has 1 heterocycles. The Morgan fingerprint density at radius 1 is 1.00 bits per heavy atom. The molecule has 0 spiro atoms. The molecule has 0 amide bonds. The normalized spacial score (nSPS) is 10.9. The molecule has 29 heavy (non-hydrogen) atoms. The largest absolute Gasteiger partial charge is 0.496 e. The molecule has 0 radical (unpaired) electrons. The Hall–Kier alpha value is -3.05. The summed E-state index contributed by atoms with van der Waals surface area (Å²) in [6.07, 6.45) is 0. The SMILES string of the molecule is COc1ccc(-c2oc3ccccc3c(=O)c2OCc2ccccc2C)cc1Br. The van der Waals surface area contributed by atoms with Gasteiger partial charge in [-0.05, 0) is 64.3 Å². The van der Waals surface area contributed by atoms with Gasteiger partial charge in [0.2, 0.25) is 11.2 Å². The third-order valence-corrected chi connectivity index (χ3v) is 5.42. The minimum absolute atomic E-state index is 0.192. The van der Waals surface area contributed by atoms with Gasteiger partial charge < -0.3 is 13.9 Å². The van der Waals surface area contributed by atoms with Gasteiger partial charge in [0, 0.05) is 5.56 Å². The van der Waals surface area contributed by atoms with Crippen LogP contribution in [-0.4, -0.2) is 7.11 Å². The van der Waals surface area contributed by atoms with E-state index in [-0.39, 0.29) is 17.8 Å². The fraction of sp³-hybridized carbons (Fsp3) is 0.125. The van der Waals surface area contributed by atoms with Gasteiger partial charge in [-0.2, -0.15) is 0 Å². The standard InChI is InChI=1S/C24H19BrO4/c1-15-7-3-4-8-17(15)14-28-24-22(26)18-9-5-6-10-20(18)29-23(24)16-11-12-21(27-2)19(25)13-16/h3-13H,14H2,1-2H3. The molecular weight excluding hydrogens is 432 g/mol. The van der Waals surface area contributed by atoms with Gasteiger partial charge in [-0.15, -0.1) is 0 Å². The summed E-state index contributed by atoms with van der Waals surface area (Å²) in [6.45, 7) is 2.29. The van der Waals surface area contributed by atoms with E-state index in [4.69, 9.17) is 13.9 Å². The second-order valence-corrected chi connectivity index (χ2v) is 7.50. The molecule has 0 aliphatic heterocycles. The Labute approximate surface area is 176 Å². The summed E-state index contributed by atoms with van der Waals surface area (Å²) >= 11 is 3.50. The molecule has 4 aromatic rings. The van der Waals surface area contributed by atoms with Gasteiger partial charge in [0.15, 0.2) is 5.76 Å². The van der Waals surface area contributed by atoms with Gasteiger partial charge >= 0.3 is 0 Å². The first kappa shape index (κ1) is 19.3. The van der Waals surface area contributed by atoms with Crippen molar-refractivity contribution in [2.45, 2.75) is 13.5 Å². The highest BCUT2D eigenvalue weighted by molar-refractivity contribution is 9.10. The van der Waals surface area contributed by atoms with Gasteiger partial charge in [0.1, 0.15) is 17.9 Å². The number of rotatable bonds is 5. The quantitative estimate of drug-likeness (QED) is 0.367. The summed E-state index contributed by atoms with van der Waals surface area (Å²) in [5.41, 5.74) is 3.17. The number of hydrogen-bond acceptors (Lipinski definition) is 4. The van der Waals surface area contributed by atoms with E-state index >= 15 is 0 Å². The fourth-order valence-corrected chi connectivity index (χ4v) is 3.72. The highest BCUT2D eigenvalue weighted by Gasteiger charge is 2.19. The first-order chi connectivity index (χ1) is 14.1. The molecule has 5 heteroatoms. The first-order valence-corrected chi connectivity index (χ1v) is 9.95. The van der Waals surface area contributed by atoms with Crippen LogP contribution in [0.1, 0.15) is 11.1 Å². The number of aryl methyl sites for hydroxylation is 1. The van der Waals surface area contributed by atoms with Crippen molar-refractivity contribution in [2.75, 3.05) is 7.11 Å². The molecule has 0 unspecified atom stereocenters. The third kappa shape index (κ3) is 3.78. The average Bonchev–Trinajstić information content (AvgIpc) is 2.74. The minimum Gasteiger partial charge on any atom is -0.496 e. The van der Waals surface area contributed by atoms with Crippen LogP contribution in [0.4, 0.5) is 0 Å². The van der Waals surface area contributed by atoms with Crippen molar-refractivity contribution < 1.29 is 13.9 Å². The van der Waals surface area contributed by atoms with Crippen molar-refractivity contribution in [3.8, 4) is 22.8 Å². The summed E-state index contributed by atoms with van der Waals surface area (Å²) in [6, 6.07) is 20.6. The van der Waals surface area contributed by atoms with Gasteiger partial charge in [0.05, 0.1) is 17.0 Å². The van der Waals surface area contributed by atoms with Crippen LogP contribution in [0.2, 0.25) is 0 Å². The monoisotopic (exact) mass is 450 g/mol. The fourth-order valence-electron chi connectivity index (χ4n) is 3.18. The molecule has 3 aromatic carbocycles.